The molecule has 0 aliphatic carbocycles. The summed E-state index contributed by atoms with van der Waals surface area (Å²) < 4.78 is 18.2. The molecule has 238 valence electrons. The first-order valence-corrected chi connectivity index (χ1v) is 15.8. The van der Waals surface area contributed by atoms with Crippen LogP contribution in [0.15, 0.2) is 67.1 Å². The molecule has 0 atom stereocenters. The number of carbonyl (C=O) groups excluding carboxylic acids is 2. The third-order valence-corrected chi connectivity index (χ3v) is 9.13. The van der Waals surface area contributed by atoms with Crippen LogP contribution in [-0.4, -0.2) is 58.1 Å². The molecule has 2 amide bonds. The van der Waals surface area contributed by atoms with Crippen LogP contribution in [0.3, 0.4) is 0 Å². The third-order valence-electron chi connectivity index (χ3n) is 8.91. The molecule has 0 bridgehead atoms. The van der Waals surface area contributed by atoms with Gasteiger partial charge in [-0.05, 0) is 67.4 Å². The number of halogens is 2. The van der Waals surface area contributed by atoms with Gasteiger partial charge in [0.25, 0.3) is 11.8 Å². The van der Waals surface area contributed by atoms with Crippen molar-refractivity contribution in [1.29, 1.82) is 0 Å². The molecular weight excluding hydrogens is 617 g/mol. The number of rotatable bonds is 3. The summed E-state index contributed by atoms with van der Waals surface area (Å²) in [5.41, 5.74) is 8.69. The molecule has 0 fully saturated rings. The number of nitrogens with one attached hydrogen (secondary N) is 2. The van der Waals surface area contributed by atoms with Crippen molar-refractivity contribution in [3.05, 3.63) is 100 Å². The number of aryl methyl sites for hydroxylation is 2. The number of carbonyl (C=O) groups is 2. The highest BCUT2D eigenvalue weighted by Gasteiger charge is 2.27. The zero-order chi connectivity index (χ0) is 33.0. The predicted octanol–water partition coefficient (Wildman–Crippen LogP) is 6.37. The molecule has 6 aromatic rings. The zero-order valence-electron chi connectivity index (χ0n) is 26.5. The van der Waals surface area contributed by atoms with Gasteiger partial charge in [0.2, 0.25) is 0 Å². The number of hydrogen-bond donors (Lipinski definition) is 2. The van der Waals surface area contributed by atoms with Crippen LogP contribution in [0.1, 0.15) is 32.1 Å². The van der Waals surface area contributed by atoms with Gasteiger partial charge in [-0.1, -0.05) is 17.7 Å². The zero-order valence-corrected chi connectivity index (χ0v) is 27.2. The smallest absolute Gasteiger partial charge is 0.268 e. The number of nitrogens with zero attached hydrogens (tertiary/aromatic N) is 5. The summed E-state index contributed by atoms with van der Waals surface area (Å²) in [5.74, 6) is 0.466. The third kappa shape index (κ3) is 5.18. The summed E-state index contributed by atoms with van der Waals surface area (Å²) >= 11 is 6.39. The van der Waals surface area contributed by atoms with Gasteiger partial charge < -0.3 is 24.7 Å². The monoisotopic (exact) mass is 649 g/mol. The van der Waals surface area contributed by atoms with Crippen LogP contribution in [-0.2, 0) is 13.1 Å². The highest BCUT2D eigenvalue weighted by Crippen LogP contribution is 2.38. The van der Waals surface area contributed by atoms with Crippen LogP contribution in [0, 0.1) is 19.7 Å². The fourth-order valence-corrected chi connectivity index (χ4v) is 6.99. The van der Waals surface area contributed by atoms with Gasteiger partial charge in [0, 0.05) is 96.9 Å². The lowest BCUT2D eigenvalue weighted by atomic mass is 10.0. The Kier molecular flexibility index (Phi) is 7.68. The second kappa shape index (κ2) is 11.9. The fourth-order valence-electron chi connectivity index (χ4n) is 6.77. The molecule has 2 aliphatic rings. The van der Waals surface area contributed by atoms with Crippen LogP contribution in [0.5, 0.6) is 0 Å². The molecule has 8 rings (SSSR count). The Bertz CT molecular complexity index is 2210. The van der Waals surface area contributed by atoms with E-state index >= 15 is 0 Å². The van der Waals surface area contributed by atoms with Crippen molar-refractivity contribution in [3.8, 4) is 22.3 Å². The van der Waals surface area contributed by atoms with E-state index in [1.807, 2.05) is 80.0 Å². The quantitative estimate of drug-likeness (QED) is 0.232. The van der Waals surface area contributed by atoms with Crippen LogP contribution in [0.4, 0.5) is 10.2 Å². The summed E-state index contributed by atoms with van der Waals surface area (Å²) in [4.78, 5) is 35.1. The number of fused-ring (bicyclic) bond motifs is 6. The molecule has 9 nitrogen and oxygen atoms in total. The largest absolute Gasteiger partial charge is 0.363 e. The molecule has 47 heavy (non-hydrogen) atoms. The first kappa shape index (κ1) is 30.4. The second-order valence-electron chi connectivity index (χ2n) is 12.0. The van der Waals surface area contributed by atoms with Gasteiger partial charge in [0.1, 0.15) is 23.0 Å². The van der Waals surface area contributed by atoms with Gasteiger partial charge in [0.05, 0.1) is 11.0 Å². The van der Waals surface area contributed by atoms with Crippen molar-refractivity contribution in [2.45, 2.75) is 26.9 Å². The highest BCUT2D eigenvalue weighted by molar-refractivity contribution is 6.32. The van der Waals surface area contributed by atoms with E-state index in [2.05, 4.69) is 25.2 Å². The van der Waals surface area contributed by atoms with Gasteiger partial charge in [-0.25, -0.2) is 9.37 Å². The molecule has 0 saturated carbocycles. The number of pyridine rings is 2. The lowest BCUT2D eigenvalue weighted by Crippen LogP contribution is -2.35. The molecule has 11 heteroatoms. The second-order valence-corrected chi connectivity index (χ2v) is 12.4. The summed E-state index contributed by atoms with van der Waals surface area (Å²) in [7, 11) is 3.93. The average molecular weight is 650 g/mol. The number of hydrogen-bond acceptors (Lipinski definition) is 5. The van der Waals surface area contributed by atoms with Gasteiger partial charge >= 0.3 is 0 Å². The molecule has 0 unspecified atom stereocenters. The summed E-state index contributed by atoms with van der Waals surface area (Å²) in [6.45, 7) is 6.50. The van der Waals surface area contributed by atoms with Crippen molar-refractivity contribution in [1.82, 2.24) is 29.7 Å². The lowest BCUT2D eigenvalue weighted by Gasteiger charge is -2.18. The normalized spacial score (nSPS) is 13.8. The van der Waals surface area contributed by atoms with Crippen LogP contribution in [0.25, 0.3) is 44.1 Å². The number of amides is 2. The van der Waals surface area contributed by atoms with E-state index < -0.39 is 0 Å². The molecule has 0 radical (unpaired) electrons. The number of aromatic nitrogens is 4. The Balaban J connectivity index is 0.000000151. The summed E-state index contributed by atoms with van der Waals surface area (Å²) in [6, 6.07) is 14.7. The maximum atomic E-state index is 14.1. The van der Waals surface area contributed by atoms with Crippen molar-refractivity contribution >= 4 is 51.0 Å². The molecule has 0 saturated heterocycles. The van der Waals surface area contributed by atoms with Crippen LogP contribution < -0.4 is 15.5 Å². The van der Waals surface area contributed by atoms with Gasteiger partial charge in [0.15, 0.2) is 0 Å². The highest BCUT2D eigenvalue weighted by atomic mass is 35.5. The van der Waals surface area contributed by atoms with Crippen LogP contribution in [0.2, 0.25) is 5.02 Å². The van der Waals surface area contributed by atoms with E-state index in [1.165, 1.54) is 12.1 Å². The minimum absolute atomic E-state index is 0.0249. The summed E-state index contributed by atoms with van der Waals surface area (Å²) in [6.07, 6.45) is 5.26. The van der Waals surface area contributed by atoms with Gasteiger partial charge in [-0.2, -0.15) is 0 Å². The maximum absolute atomic E-state index is 14.1. The van der Waals surface area contributed by atoms with E-state index in [1.54, 1.807) is 12.4 Å². The predicted molar refractivity (Wildman–Crippen MR) is 184 cm³/mol. The first-order chi connectivity index (χ1) is 22.6. The minimum Gasteiger partial charge on any atom is -0.363 e. The summed E-state index contributed by atoms with van der Waals surface area (Å²) in [5, 5.41) is 8.23. The fraction of sp³-hybridized carbons (Fsp3) is 0.222. The van der Waals surface area contributed by atoms with E-state index in [9.17, 15) is 14.0 Å². The Morgan fingerprint density at radius 2 is 1.40 bits per heavy atom. The van der Waals surface area contributed by atoms with Gasteiger partial charge in [-0.15, -0.1) is 0 Å². The topological polar surface area (TPSA) is 97.1 Å². The Hall–Kier alpha value is -5.22. The van der Waals surface area contributed by atoms with E-state index in [4.69, 9.17) is 11.6 Å². The van der Waals surface area contributed by atoms with Crippen molar-refractivity contribution in [2.75, 3.05) is 32.1 Å². The Labute approximate surface area is 276 Å². The average Bonchev–Trinajstić information content (AvgIpc) is 3.52. The molecule has 6 heterocycles. The first-order valence-electron chi connectivity index (χ1n) is 15.4. The SMILES string of the molecule is Cc1c2n(c3c(-c4ccc(N(C)C)nc4)cc(Cl)cc13)CCNC2=O.Cc1c2n(c3c(-c4cccnc4)cc(F)cc13)CCNC2=O. The molecular formula is C36H33ClFN7O2. The minimum atomic E-state index is -0.308. The van der Waals surface area contributed by atoms with Crippen molar-refractivity contribution in [3.63, 3.8) is 0 Å². The molecule has 4 aromatic heterocycles. The molecule has 2 N–H and O–H groups in total. The Morgan fingerprint density at radius 3 is 1.96 bits per heavy atom. The number of benzene rings is 2. The van der Waals surface area contributed by atoms with Crippen molar-refractivity contribution < 1.29 is 14.0 Å². The van der Waals surface area contributed by atoms with E-state index in [0.29, 0.717) is 30.4 Å². The maximum Gasteiger partial charge on any atom is 0.268 e. The van der Waals surface area contributed by atoms with Gasteiger partial charge in [-0.3, -0.25) is 14.6 Å². The standard InChI is InChI=1S/C19H19ClN4O.C17H14FN3O/c1-11-14-8-13(20)9-15(12-4-5-16(22-10-12)23(2)3)18(14)24-7-6-21-19(25)17(11)24;1-10-13-7-12(18)8-14(11-3-2-4-19-9-11)16(13)21-6-5-20-17(22)15(10)21/h4-5,8-10H,6-7H2,1-3H3,(H,21,25);2-4,7-9H,5-6H2,1H3,(H,20,22). The van der Waals surface area contributed by atoms with E-state index in [-0.39, 0.29) is 17.6 Å². The lowest BCUT2D eigenvalue weighted by molar-refractivity contribution is 0.0920. The number of anilines is 1. The molecule has 2 aliphatic heterocycles. The Morgan fingerprint density at radius 1 is 0.809 bits per heavy atom. The van der Waals surface area contributed by atoms with Crippen molar-refractivity contribution in [2.24, 2.45) is 0 Å². The van der Waals surface area contributed by atoms with E-state index in [0.717, 1.165) is 73.2 Å². The van der Waals surface area contributed by atoms with Crippen LogP contribution >= 0.6 is 11.6 Å². The molecule has 0 spiro atoms. The molecule has 2 aromatic carbocycles.